The molecule has 0 unspecified atom stereocenters. The molecule has 0 bridgehead atoms. The monoisotopic (exact) mass is 205 g/mol. The third-order valence-corrected chi connectivity index (χ3v) is 3.05. The van der Waals surface area contributed by atoms with Crippen LogP contribution in [0.25, 0.3) is 0 Å². The van der Waals surface area contributed by atoms with Gasteiger partial charge in [0.1, 0.15) is 0 Å². The van der Waals surface area contributed by atoms with Crippen LogP contribution in [-0.4, -0.2) is 29.5 Å². The maximum Gasteiger partial charge on any atom is 0.0543 e. The van der Waals surface area contributed by atoms with E-state index in [9.17, 15) is 0 Å². The van der Waals surface area contributed by atoms with Crippen molar-refractivity contribution in [2.45, 2.75) is 19.4 Å². The van der Waals surface area contributed by atoms with Gasteiger partial charge < -0.3 is 5.73 Å². The van der Waals surface area contributed by atoms with E-state index in [0.717, 1.165) is 25.3 Å². The fraction of sp³-hybridized carbons (Fsp3) is 0.583. The van der Waals surface area contributed by atoms with E-state index in [-0.39, 0.29) is 0 Å². The van der Waals surface area contributed by atoms with Crippen LogP contribution in [0.1, 0.15) is 18.5 Å². The molecular weight excluding hydrogens is 186 g/mol. The number of nitrogens with two attached hydrogens (primary N) is 1. The number of rotatable bonds is 3. The van der Waals surface area contributed by atoms with Crippen molar-refractivity contribution in [1.29, 1.82) is 0 Å². The van der Waals surface area contributed by atoms with Gasteiger partial charge in [-0.2, -0.15) is 0 Å². The lowest BCUT2D eigenvalue weighted by atomic mass is 9.98. The molecule has 2 heterocycles. The molecule has 1 fully saturated rings. The van der Waals surface area contributed by atoms with Crippen LogP contribution in [0.3, 0.4) is 0 Å². The summed E-state index contributed by atoms with van der Waals surface area (Å²) in [5.74, 6) is 0.683. The molecule has 1 saturated heterocycles. The van der Waals surface area contributed by atoms with Crippen LogP contribution in [0.15, 0.2) is 24.4 Å². The van der Waals surface area contributed by atoms with Gasteiger partial charge in [0, 0.05) is 19.3 Å². The average molecular weight is 205 g/mol. The summed E-state index contributed by atoms with van der Waals surface area (Å²) in [7, 11) is 0. The van der Waals surface area contributed by atoms with E-state index < -0.39 is 0 Å². The normalized spacial score (nSPS) is 22.9. The number of likely N-dealkylation sites (tertiary alicyclic amines) is 1. The van der Waals surface area contributed by atoms with E-state index in [1.807, 2.05) is 18.3 Å². The molecule has 1 atom stereocenters. The largest absolute Gasteiger partial charge is 0.330 e. The summed E-state index contributed by atoms with van der Waals surface area (Å²) in [5, 5.41) is 0. The Balaban J connectivity index is 1.89. The van der Waals surface area contributed by atoms with Crippen LogP contribution in [0, 0.1) is 5.92 Å². The number of nitrogens with zero attached hydrogens (tertiary/aromatic N) is 2. The van der Waals surface area contributed by atoms with E-state index in [4.69, 9.17) is 5.73 Å². The Morgan fingerprint density at radius 2 is 2.40 bits per heavy atom. The van der Waals surface area contributed by atoms with E-state index in [0.29, 0.717) is 5.92 Å². The van der Waals surface area contributed by atoms with Gasteiger partial charge in [0.15, 0.2) is 0 Å². The highest BCUT2D eigenvalue weighted by atomic mass is 15.1. The third-order valence-electron chi connectivity index (χ3n) is 3.05. The van der Waals surface area contributed by atoms with Crippen molar-refractivity contribution in [3.8, 4) is 0 Å². The van der Waals surface area contributed by atoms with Crippen molar-refractivity contribution in [3.05, 3.63) is 30.1 Å². The SMILES string of the molecule is NC[C@H]1CCCN(Cc2ccccn2)C1. The molecule has 0 radical (unpaired) electrons. The highest BCUT2D eigenvalue weighted by molar-refractivity contribution is 5.03. The lowest BCUT2D eigenvalue weighted by Crippen LogP contribution is -2.37. The summed E-state index contributed by atoms with van der Waals surface area (Å²) in [6.07, 6.45) is 4.42. The van der Waals surface area contributed by atoms with E-state index in [1.54, 1.807) is 0 Å². The van der Waals surface area contributed by atoms with Gasteiger partial charge in [-0.05, 0) is 44.0 Å². The van der Waals surface area contributed by atoms with Crippen molar-refractivity contribution in [2.24, 2.45) is 11.7 Å². The maximum atomic E-state index is 5.72. The van der Waals surface area contributed by atoms with E-state index >= 15 is 0 Å². The molecule has 82 valence electrons. The third kappa shape index (κ3) is 3.01. The fourth-order valence-corrected chi connectivity index (χ4v) is 2.21. The summed E-state index contributed by atoms with van der Waals surface area (Å²) in [5.41, 5.74) is 6.88. The molecule has 1 aromatic rings. The molecule has 0 amide bonds. The molecule has 15 heavy (non-hydrogen) atoms. The number of aromatic nitrogens is 1. The van der Waals surface area contributed by atoms with Gasteiger partial charge in [-0.15, -0.1) is 0 Å². The number of hydrogen-bond donors (Lipinski definition) is 1. The lowest BCUT2D eigenvalue weighted by Gasteiger charge is -2.31. The highest BCUT2D eigenvalue weighted by Gasteiger charge is 2.18. The van der Waals surface area contributed by atoms with Crippen molar-refractivity contribution in [1.82, 2.24) is 9.88 Å². The molecule has 1 aromatic heterocycles. The first kappa shape index (κ1) is 10.6. The molecule has 3 nitrogen and oxygen atoms in total. The van der Waals surface area contributed by atoms with Crippen LogP contribution in [-0.2, 0) is 6.54 Å². The predicted molar refractivity (Wildman–Crippen MR) is 61.3 cm³/mol. The topological polar surface area (TPSA) is 42.1 Å². The van der Waals surface area contributed by atoms with Crippen molar-refractivity contribution >= 4 is 0 Å². The van der Waals surface area contributed by atoms with Crippen molar-refractivity contribution in [3.63, 3.8) is 0 Å². The van der Waals surface area contributed by atoms with E-state index in [2.05, 4.69) is 16.0 Å². The summed E-state index contributed by atoms with van der Waals surface area (Å²) >= 11 is 0. The Bertz CT molecular complexity index is 286. The minimum Gasteiger partial charge on any atom is -0.330 e. The zero-order valence-electron chi connectivity index (χ0n) is 9.10. The molecule has 0 spiro atoms. The van der Waals surface area contributed by atoms with Crippen LogP contribution < -0.4 is 5.73 Å². The molecule has 0 aliphatic carbocycles. The molecule has 2 rings (SSSR count). The highest BCUT2D eigenvalue weighted by Crippen LogP contribution is 2.16. The molecule has 0 aromatic carbocycles. The van der Waals surface area contributed by atoms with Gasteiger partial charge in [-0.25, -0.2) is 0 Å². The zero-order valence-corrected chi connectivity index (χ0v) is 9.10. The zero-order chi connectivity index (χ0) is 10.5. The van der Waals surface area contributed by atoms with E-state index in [1.165, 1.54) is 19.4 Å². The molecular formula is C12H19N3. The first-order chi connectivity index (χ1) is 7.38. The molecule has 3 heteroatoms. The minimum atomic E-state index is 0.683. The summed E-state index contributed by atoms with van der Waals surface area (Å²) < 4.78 is 0. The van der Waals surface area contributed by atoms with Gasteiger partial charge in [-0.3, -0.25) is 9.88 Å². The Morgan fingerprint density at radius 3 is 3.13 bits per heavy atom. The molecule has 1 aliphatic rings. The first-order valence-electron chi connectivity index (χ1n) is 5.71. The number of hydrogen-bond acceptors (Lipinski definition) is 3. The van der Waals surface area contributed by atoms with Crippen LogP contribution in [0.4, 0.5) is 0 Å². The number of piperidine rings is 1. The Hall–Kier alpha value is -0.930. The Morgan fingerprint density at radius 1 is 1.47 bits per heavy atom. The standard InChI is InChI=1S/C12H19N3/c13-8-11-4-3-7-15(9-11)10-12-5-1-2-6-14-12/h1-2,5-6,11H,3-4,7-10,13H2/t11-/m1/s1. The van der Waals surface area contributed by atoms with Gasteiger partial charge in [0.25, 0.3) is 0 Å². The summed E-state index contributed by atoms with van der Waals surface area (Å²) in [6, 6.07) is 6.10. The van der Waals surface area contributed by atoms with Gasteiger partial charge in [-0.1, -0.05) is 6.07 Å². The quantitative estimate of drug-likeness (QED) is 0.807. The van der Waals surface area contributed by atoms with Crippen molar-refractivity contribution < 1.29 is 0 Å². The predicted octanol–water partition coefficient (Wildman–Crippen LogP) is 1.25. The van der Waals surface area contributed by atoms with Crippen molar-refractivity contribution in [2.75, 3.05) is 19.6 Å². The van der Waals surface area contributed by atoms with Crippen LogP contribution >= 0.6 is 0 Å². The van der Waals surface area contributed by atoms with Gasteiger partial charge in [0.05, 0.1) is 5.69 Å². The molecule has 0 saturated carbocycles. The fourth-order valence-electron chi connectivity index (χ4n) is 2.21. The molecule has 1 aliphatic heterocycles. The Kier molecular flexibility index (Phi) is 3.69. The first-order valence-corrected chi connectivity index (χ1v) is 5.71. The maximum absolute atomic E-state index is 5.72. The Labute approximate surface area is 91.3 Å². The molecule has 2 N–H and O–H groups in total. The second kappa shape index (κ2) is 5.24. The smallest absolute Gasteiger partial charge is 0.0543 e. The minimum absolute atomic E-state index is 0.683. The van der Waals surface area contributed by atoms with Gasteiger partial charge >= 0.3 is 0 Å². The van der Waals surface area contributed by atoms with Crippen LogP contribution in [0.2, 0.25) is 0 Å². The number of pyridine rings is 1. The summed E-state index contributed by atoms with van der Waals surface area (Å²) in [4.78, 5) is 6.81. The second-order valence-electron chi connectivity index (χ2n) is 4.30. The average Bonchev–Trinajstić information content (AvgIpc) is 2.31. The van der Waals surface area contributed by atoms with Gasteiger partial charge in [0.2, 0.25) is 0 Å². The lowest BCUT2D eigenvalue weighted by molar-refractivity contribution is 0.169. The second-order valence-corrected chi connectivity index (χ2v) is 4.30. The summed E-state index contributed by atoms with van der Waals surface area (Å²) in [6.45, 7) is 4.11. The van der Waals surface area contributed by atoms with Crippen LogP contribution in [0.5, 0.6) is 0 Å².